The lowest BCUT2D eigenvalue weighted by atomic mass is 9.98. The van der Waals surface area contributed by atoms with E-state index in [1.54, 1.807) is 4.90 Å². The molecule has 1 saturated heterocycles. The van der Waals surface area contributed by atoms with Crippen LogP contribution in [0.1, 0.15) is 53.7 Å². The van der Waals surface area contributed by atoms with Gasteiger partial charge in [0.2, 0.25) is 0 Å². The Hall–Kier alpha value is -4.00. The number of benzene rings is 3. The van der Waals surface area contributed by atoms with Crippen LogP contribution in [-0.2, 0) is 9.47 Å². The molecule has 7 heteroatoms. The fourth-order valence-electron chi connectivity index (χ4n) is 5.53. The molecule has 2 aliphatic rings. The zero-order valence-electron chi connectivity index (χ0n) is 23.4. The SMILES string of the molecule is CNc1cc(C(=O)OC(C)(C)C)c(C)c(N2CCN(C(=O)OCC3c4ccccc4-c4ccccc43)CC2)c1. The van der Waals surface area contributed by atoms with Crippen molar-refractivity contribution in [1.29, 1.82) is 0 Å². The normalized spacial score (nSPS) is 15.0. The van der Waals surface area contributed by atoms with Gasteiger partial charge in [-0.15, -0.1) is 0 Å². The number of carbonyl (C=O) groups excluding carboxylic acids is 2. The number of ether oxygens (including phenoxy) is 2. The highest BCUT2D eigenvalue weighted by atomic mass is 16.6. The van der Waals surface area contributed by atoms with Gasteiger partial charge in [0, 0.05) is 50.5 Å². The third-order valence-corrected chi connectivity index (χ3v) is 7.50. The molecule has 3 aromatic rings. The third-order valence-electron chi connectivity index (χ3n) is 7.50. The summed E-state index contributed by atoms with van der Waals surface area (Å²) >= 11 is 0. The topological polar surface area (TPSA) is 71.1 Å². The Morgan fingerprint density at radius 1 is 0.923 bits per heavy atom. The molecule has 5 rings (SSSR count). The van der Waals surface area contributed by atoms with E-state index in [1.165, 1.54) is 22.3 Å². The Kier molecular flexibility index (Phi) is 7.25. The number of fused-ring (bicyclic) bond motifs is 3. The minimum atomic E-state index is -0.575. The second-order valence-corrected chi connectivity index (χ2v) is 11.2. The van der Waals surface area contributed by atoms with E-state index in [0.29, 0.717) is 38.3 Å². The lowest BCUT2D eigenvalue weighted by Crippen LogP contribution is -2.49. The molecule has 1 fully saturated rings. The summed E-state index contributed by atoms with van der Waals surface area (Å²) in [6.07, 6.45) is -0.286. The van der Waals surface area contributed by atoms with Crippen molar-refractivity contribution >= 4 is 23.4 Å². The number of esters is 1. The van der Waals surface area contributed by atoms with Crippen LogP contribution in [0.2, 0.25) is 0 Å². The molecule has 0 spiro atoms. The van der Waals surface area contributed by atoms with Crippen LogP contribution < -0.4 is 10.2 Å². The molecule has 7 nitrogen and oxygen atoms in total. The number of nitrogens with one attached hydrogen (secondary N) is 1. The first-order valence-electron chi connectivity index (χ1n) is 13.6. The number of hydrogen-bond acceptors (Lipinski definition) is 6. The van der Waals surface area contributed by atoms with Crippen LogP contribution in [0.4, 0.5) is 16.2 Å². The summed E-state index contributed by atoms with van der Waals surface area (Å²) in [6.45, 7) is 10.2. The molecule has 3 aromatic carbocycles. The molecular formula is C32H37N3O4. The Balaban J connectivity index is 1.24. The summed E-state index contributed by atoms with van der Waals surface area (Å²) in [7, 11) is 1.84. The largest absolute Gasteiger partial charge is 0.456 e. The molecule has 0 aromatic heterocycles. The van der Waals surface area contributed by atoms with E-state index < -0.39 is 5.60 Å². The van der Waals surface area contributed by atoms with Crippen molar-refractivity contribution in [1.82, 2.24) is 4.90 Å². The highest BCUT2D eigenvalue weighted by Crippen LogP contribution is 2.44. The van der Waals surface area contributed by atoms with Crippen LogP contribution in [0.25, 0.3) is 11.1 Å². The maximum Gasteiger partial charge on any atom is 0.409 e. The number of amides is 1. The van der Waals surface area contributed by atoms with Gasteiger partial charge >= 0.3 is 12.1 Å². The van der Waals surface area contributed by atoms with E-state index in [0.717, 1.165) is 16.9 Å². The summed E-state index contributed by atoms with van der Waals surface area (Å²) in [4.78, 5) is 30.0. The first kappa shape index (κ1) is 26.6. The van der Waals surface area contributed by atoms with E-state index in [-0.39, 0.29) is 18.0 Å². The summed E-state index contributed by atoms with van der Waals surface area (Å²) in [6, 6.07) is 20.6. The average Bonchev–Trinajstić information content (AvgIpc) is 3.24. The van der Waals surface area contributed by atoms with E-state index >= 15 is 0 Å². The van der Waals surface area contributed by atoms with Gasteiger partial charge in [-0.2, -0.15) is 0 Å². The number of rotatable bonds is 5. The van der Waals surface area contributed by atoms with Gasteiger partial charge in [-0.25, -0.2) is 9.59 Å². The average molecular weight is 528 g/mol. The van der Waals surface area contributed by atoms with E-state index in [2.05, 4.69) is 34.5 Å². The fourth-order valence-corrected chi connectivity index (χ4v) is 5.53. The maximum absolute atomic E-state index is 13.1. The number of nitrogens with zero attached hydrogens (tertiary/aromatic N) is 2. The van der Waals surface area contributed by atoms with Gasteiger partial charge in [0.25, 0.3) is 0 Å². The molecule has 1 aliphatic heterocycles. The first-order chi connectivity index (χ1) is 18.7. The van der Waals surface area contributed by atoms with Crippen molar-refractivity contribution in [3.63, 3.8) is 0 Å². The third kappa shape index (κ3) is 5.44. The predicted molar refractivity (Wildman–Crippen MR) is 155 cm³/mol. The number of carbonyl (C=O) groups is 2. The van der Waals surface area contributed by atoms with Gasteiger partial charge in [-0.05, 0) is 67.6 Å². The number of anilines is 2. The van der Waals surface area contributed by atoms with Crippen LogP contribution in [0.15, 0.2) is 60.7 Å². The maximum atomic E-state index is 13.1. The van der Waals surface area contributed by atoms with Crippen molar-refractivity contribution in [3.05, 3.63) is 82.9 Å². The second kappa shape index (κ2) is 10.6. The molecule has 1 aliphatic carbocycles. The van der Waals surface area contributed by atoms with Gasteiger partial charge < -0.3 is 24.6 Å². The van der Waals surface area contributed by atoms with Gasteiger partial charge in [-0.1, -0.05) is 48.5 Å². The Morgan fingerprint density at radius 3 is 2.08 bits per heavy atom. The molecule has 1 N–H and O–H groups in total. The Bertz CT molecular complexity index is 1340. The minimum absolute atomic E-state index is 0.0425. The lowest BCUT2D eigenvalue weighted by Gasteiger charge is -2.37. The van der Waals surface area contributed by atoms with Gasteiger partial charge in [0.15, 0.2) is 0 Å². The van der Waals surface area contributed by atoms with Crippen molar-refractivity contribution in [2.24, 2.45) is 0 Å². The molecule has 0 atom stereocenters. The molecule has 0 unspecified atom stereocenters. The Morgan fingerprint density at radius 2 is 1.51 bits per heavy atom. The van der Waals surface area contributed by atoms with Crippen LogP contribution in [0.3, 0.4) is 0 Å². The quantitative estimate of drug-likeness (QED) is 0.407. The van der Waals surface area contributed by atoms with Crippen molar-refractivity contribution in [2.45, 2.75) is 39.2 Å². The van der Waals surface area contributed by atoms with Gasteiger partial charge in [-0.3, -0.25) is 0 Å². The molecule has 204 valence electrons. The molecule has 0 bridgehead atoms. The molecule has 0 saturated carbocycles. The predicted octanol–water partition coefficient (Wildman–Crippen LogP) is 6.06. The van der Waals surface area contributed by atoms with E-state index in [4.69, 9.17) is 9.47 Å². The van der Waals surface area contributed by atoms with Gasteiger partial charge in [0.05, 0.1) is 5.56 Å². The van der Waals surface area contributed by atoms with Crippen molar-refractivity contribution in [3.8, 4) is 11.1 Å². The minimum Gasteiger partial charge on any atom is -0.456 e. The zero-order valence-corrected chi connectivity index (χ0v) is 23.4. The van der Waals surface area contributed by atoms with E-state index in [9.17, 15) is 9.59 Å². The van der Waals surface area contributed by atoms with Crippen LogP contribution in [0, 0.1) is 6.92 Å². The molecule has 39 heavy (non-hydrogen) atoms. The zero-order chi connectivity index (χ0) is 27.7. The lowest BCUT2D eigenvalue weighted by molar-refractivity contribution is 0.00687. The summed E-state index contributed by atoms with van der Waals surface area (Å²) in [5, 5.41) is 3.16. The molecule has 1 amide bonds. The van der Waals surface area contributed by atoms with E-state index in [1.807, 2.05) is 71.1 Å². The summed E-state index contributed by atoms with van der Waals surface area (Å²) in [5.41, 5.74) is 7.50. The monoisotopic (exact) mass is 527 g/mol. The number of piperazine rings is 1. The first-order valence-corrected chi connectivity index (χ1v) is 13.6. The fraction of sp³-hybridized carbons (Fsp3) is 0.375. The highest BCUT2D eigenvalue weighted by Gasteiger charge is 2.31. The molecule has 1 heterocycles. The summed E-state index contributed by atoms with van der Waals surface area (Å²) in [5.74, 6) is -0.295. The highest BCUT2D eigenvalue weighted by molar-refractivity contribution is 5.95. The molecule has 0 radical (unpaired) electrons. The Labute approximate surface area is 230 Å². The van der Waals surface area contributed by atoms with Crippen molar-refractivity contribution in [2.75, 3.05) is 50.1 Å². The molecular weight excluding hydrogens is 490 g/mol. The van der Waals surface area contributed by atoms with Crippen LogP contribution in [0.5, 0.6) is 0 Å². The van der Waals surface area contributed by atoms with Gasteiger partial charge in [0.1, 0.15) is 12.2 Å². The summed E-state index contributed by atoms with van der Waals surface area (Å²) < 4.78 is 11.5. The second-order valence-electron chi connectivity index (χ2n) is 11.2. The smallest absolute Gasteiger partial charge is 0.409 e. The standard InChI is InChI=1S/C32H37N3O4/c1-21-27(30(36)39-32(2,3)4)18-22(33-5)19-29(21)34-14-16-35(17-15-34)31(37)38-20-28-25-12-8-6-10-23(25)24-11-7-9-13-26(24)28/h6-13,18-19,28,33H,14-17,20H2,1-5H3. The van der Waals surface area contributed by atoms with Crippen LogP contribution in [-0.4, -0.2) is 62.4 Å². The van der Waals surface area contributed by atoms with Crippen molar-refractivity contribution < 1.29 is 19.1 Å². The van der Waals surface area contributed by atoms with Crippen LogP contribution >= 0.6 is 0 Å². The number of hydrogen-bond donors (Lipinski definition) is 1.